The molecular formula is C16H13BrClN5. The first-order chi connectivity index (χ1) is 11.1. The van der Waals surface area contributed by atoms with Crippen LogP contribution in [-0.4, -0.2) is 15.2 Å². The Labute approximate surface area is 147 Å². The fourth-order valence-electron chi connectivity index (χ4n) is 1.98. The van der Waals surface area contributed by atoms with Crippen LogP contribution in [-0.2, 0) is 0 Å². The van der Waals surface area contributed by atoms with Crippen LogP contribution in [0.25, 0.3) is 0 Å². The van der Waals surface area contributed by atoms with Gasteiger partial charge in [-0.2, -0.15) is 10.1 Å². The fraction of sp³-hybridized carbons (Fsp3) is 0.0625. The third kappa shape index (κ3) is 4.18. The first-order valence-corrected chi connectivity index (χ1v) is 8.03. The summed E-state index contributed by atoms with van der Waals surface area (Å²) in [5.41, 5.74) is 2.91. The second kappa shape index (κ2) is 6.93. The summed E-state index contributed by atoms with van der Waals surface area (Å²) >= 11 is 9.32. The largest absolute Gasteiger partial charge is 0.339 e. The summed E-state index contributed by atoms with van der Waals surface area (Å²) in [5.74, 6) is 1.02. The Morgan fingerprint density at radius 1 is 1.04 bits per heavy atom. The molecule has 0 unspecified atom stereocenters. The molecule has 0 amide bonds. The second-order valence-corrected chi connectivity index (χ2v) is 6.23. The number of halogens is 2. The van der Waals surface area contributed by atoms with Gasteiger partial charge in [0.1, 0.15) is 0 Å². The van der Waals surface area contributed by atoms with Gasteiger partial charge in [-0.15, -0.1) is 5.10 Å². The van der Waals surface area contributed by atoms with Crippen LogP contribution >= 0.6 is 27.5 Å². The number of rotatable bonds is 4. The van der Waals surface area contributed by atoms with Crippen LogP contribution < -0.4 is 10.6 Å². The van der Waals surface area contributed by atoms with Crippen molar-refractivity contribution in [2.75, 3.05) is 10.6 Å². The lowest BCUT2D eigenvalue weighted by Gasteiger charge is -2.10. The molecule has 0 aliphatic carbocycles. The normalized spacial score (nSPS) is 10.4. The van der Waals surface area contributed by atoms with Crippen LogP contribution in [0.1, 0.15) is 5.56 Å². The van der Waals surface area contributed by atoms with E-state index in [-0.39, 0.29) is 0 Å². The van der Waals surface area contributed by atoms with Crippen LogP contribution in [0.5, 0.6) is 0 Å². The molecule has 3 rings (SSSR count). The molecule has 0 atom stereocenters. The van der Waals surface area contributed by atoms with Gasteiger partial charge >= 0.3 is 0 Å². The van der Waals surface area contributed by atoms with Crippen LogP contribution in [0, 0.1) is 6.92 Å². The molecule has 1 aromatic heterocycles. The monoisotopic (exact) mass is 389 g/mol. The zero-order valence-corrected chi connectivity index (χ0v) is 14.6. The molecule has 2 N–H and O–H groups in total. The molecule has 3 aromatic rings. The lowest BCUT2D eigenvalue weighted by molar-refractivity contribution is 0.982. The lowest BCUT2D eigenvalue weighted by atomic mass is 10.2. The summed E-state index contributed by atoms with van der Waals surface area (Å²) in [6, 6.07) is 13.3. The summed E-state index contributed by atoms with van der Waals surface area (Å²) in [4.78, 5) is 4.41. The molecule has 0 spiro atoms. The van der Waals surface area contributed by atoms with Crippen molar-refractivity contribution < 1.29 is 0 Å². The van der Waals surface area contributed by atoms with E-state index in [1.54, 1.807) is 18.3 Å². The maximum atomic E-state index is 5.87. The highest BCUT2D eigenvalue weighted by atomic mass is 79.9. The maximum Gasteiger partial charge on any atom is 0.249 e. The number of hydrogen-bond acceptors (Lipinski definition) is 5. The average Bonchev–Trinajstić information content (AvgIpc) is 2.53. The number of nitrogens with zero attached hydrogens (tertiary/aromatic N) is 3. The van der Waals surface area contributed by atoms with Crippen LogP contribution in [0.3, 0.4) is 0 Å². The highest BCUT2D eigenvalue weighted by Gasteiger charge is 2.04. The Balaban J connectivity index is 1.78. The summed E-state index contributed by atoms with van der Waals surface area (Å²) in [5, 5.41) is 15.0. The molecule has 0 radical (unpaired) electrons. The van der Waals surface area contributed by atoms with Gasteiger partial charge in [-0.25, -0.2) is 0 Å². The second-order valence-electron chi connectivity index (χ2n) is 4.88. The minimum Gasteiger partial charge on any atom is -0.339 e. The number of aromatic nitrogens is 3. The maximum absolute atomic E-state index is 5.87. The fourth-order valence-corrected chi connectivity index (χ4v) is 2.59. The van der Waals surface area contributed by atoms with E-state index in [9.17, 15) is 0 Å². The molecular weight excluding hydrogens is 378 g/mol. The van der Waals surface area contributed by atoms with Crippen molar-refractivity contribution in [3.63, 3.8) is 0 Å². The van der Waals surface area contributed by atoms with E-state index < -0.39 is 0 Å². The van der Waals surface area contributed by atoms with Crippen molar-refractivity contribution >= 4 is 50.7 Å². The van der Waals surface area contributed by atoms with Crippen LogP contribution in [0.15, 0.2) is 53.1 Å². The molecule has 0 saturated carbocycles. The minimum atomic E-state index is 0.409. The van der Waals surface area contributed by atoms with Gasteiger partial charge in [0.05, 0.1) is 6.20 Å². The first kappa shape index (κ1) is 15.7. The zero-order chi connectivity index (χ0) is 16.2. The van der Waals surface area contributed by atoms with Gasteiger partial charge < -0.3 is 10.6 Å². The van der Waals surface area contributed by atoms with Gasteiger partial charge in [0.25, 0.3) is 0 Å². The SMILES string of the molecule is Cc1cc(Br)ccc1Nc1cnnc(Nc2ccc(Cl)cc2)n1. The quantitative estimate of drug-likeness (QED) is 0.650. The zero-order valence-electron chi connectivity index (χ0n) is 12.2. The van der Waals surface area contributed by atoms with Crippen molar-refractivity contribution in [1.29, 1.82) is 0 Å². The molecule has 0 fully saturated rings. The third-order valence-corrected chi connectivity index (χ3v) is 3.86. The number of anilines is 4. The van der Waals surface area contributed by atoms with Gasteiger partial charge in [-0.05, 0) is 55.0 Å². The van der Waals surface area contributed by atoms with E-state index in [2.05, 4.69) is 41.7 Å². The predicted octanol–water partition coefficient (Wildman–Crippen LogP) is 5.08. The molecule has 7 heteroatoms. The highest BCUT2D eigenvalue weighted by molar-refractivity contribution is 9.10. The van der Waals surface area contributed by atoms with E-state index in [0.29, 0.717) is 16.8 Å². The Bertz CT molecular complexity index is 823. The summed E-state index contributed by atoms with van der Waals surface area (Å²) in [6.07, 6.45) is 1.58. The standard InChI is InChI=1S/C16H13BrClN5/c1-10-8-11(17)2-7-14(10)21-15-9-19-23-16(22-15)20-13-5-3-12(18)4-6-13/h2-9H,1H3,(H2,20,21,22,23). The predicted molar refractivity (Wildman–Crippen MR) is 96.7 cm³/mol. The van der Waals surface area contributed by atoms with Crippen molar-refractivity contribution in [3.8, 4) is 0 Å². The lowest BCUT2D eigenvalue weighted by Crippen LogP contribution is -2.03. The molecule has 2 aromatic carbocycles. The topological polar surface area (TPSA) is 62.7 Å². The molecule has 5 nitrogen and oxygen atoms in total. The van der Waals surface area contributed by atoms with Crippen molar-refractivity contribution in [2.45, 2.75) is 6.92 Å². The first-order valence-electron chi connectivity index (χ1n) is 6.86. The van der Waals surface area contributed by atoms with Gasteiger partial charge in [0.15, 0.2) is 5.82 Å². The Morgan fingerprint density at radius 3 is 2.57 bits per heavy atom. The highest BCUT2D eigenvalue weighted by Crippen LogP contribution is 2.23. The van der Waals surface area contributed by atoms with Crippen LogP contribution in [0.2, 0.25) is 5.02 Å². The summed E-state index contributed by atoms with van der Waals surface area (Å²) < 4.78 is 1.03. The molecule has 1 heterocycles. The number of nitrogens with one attached hydrogen (secondary N) is 2. The Morgan fingerprint density at radius 2 is 1.83 bits per heavy atom. The summed E-state index contributed by atoms with van der Waals surface area (Å²) in [6.45, 7) is 2.02. The van der Waals surface area contributed by atoms with E-state index in [4.69, 9.17) is 11.6 Å². The van der Waals surface area contributed by atoms with E-state index in [0.717, 1.165) is 21.4 Å². The number of benzene rings is 2. The minimum absolute atomic E-state index is 0.409. The summed E-state index contributed by atoms with van der Waals surface area (Å²) in [7, 11) is 0. The number of aryl methyl sites for hydroxylation is 1. The molecule has 116 valence electrons. The van der Waals surface area contributed by atoms with Crippen molar-refractivity contribution in [2.24, 2.45) is 0 Å². The molecule has 0 bridgehead atoms. The molecule has 0 saturated heterocycles. The van der Waals surface area contributed by atoms with E-state index in [1.165, 1.54) is 0 Å². The molecule has 0 aliphatic rings. The Kier molecular flexibility index (Phi) is 4.73. The van der Waals surface area contributed by atoms with E-state index in [1.807, 2.05) is 37.3 Å². The van der Waals surface area contributed by atoms with Crippen LogP contribution in [0.4, 0.5) is 23.1 Å². The molecule has 23 heavy (non-hydrogen) atoms. The van der Waals surface area contributed by atoms with Gasteiger partial charge in [0.2, 0.25) is 5.95 Å². The smallest absolute Gasteiger partial charge is 0.249 e. The van der Waals surface area contributed by atoms with Crippen molar-refractivity contribution in [3.05, 3.63) is 63.7 Å². The number of hydrogen-bond donors (Lipinski definition) is 2. The third-order valence-electron chi connectivity index (χ3n) is 3.11. The molecule has 0 aliphatic heterocycles. The van der Waals surface area contributed by atoms with Crippen molar-refractivity contribution in [1.82, 2.24) is 15.2 Å². The van der Waals surface area contributed by atoms with E-state index >= 15 is 0 Å². The van der Waals surface area contributed by atoms with Gasteiger partial charge in [-0.3, -0.25) is 0 Å². The van der Waals surface area contributed by atoms with Gasteiger partial charge in [0, 0.05) is 20.9 Å². The Hall–Kier alpha value is -2.18. The van der Waals surface area contributed by atoms with Gasteiger partial charge in [-0.1, -0.05) is 27.5 Å². The average molecular weight is 391 g/mol.